The fraction of sp³-hybridized carbons (Fsp3) is 0.238. The number of hydrogen-bond donors (Lipinski definition) is 1. The molecule has 0 spiro atoms. The standard InChI is InChI=1S/C21H23N3O3/c1-4-20(25)22-15(2)21-23-16-9-5-6-10-17(16)24(21)13-14-27-19-12-8-7-11-18(19)26-3/h4-12,15H,1,13-14H2,2-3H3,(H,22,25). The molecule has 0 aliphatic rings. The monoisotopic (exact) mass is 365 g/mol. The van der Waals surface area contributed by atoms with Crippen LogP contribution in [0.2, 0.25) is 0 Å². The Morgan fingerprint density at radius 3 is 2.67 bits per heavy atom. The van der Waals surface area contributed by atoms with E-state index in [-0.39, 0.29) is 11.9 Å². The average Bonchev–Trinajstić information content (AvgIpc) is 3.07. The second kappa shape index (κ2) is 8.40. The zero-order valence-electron chi connectivity index (χ0n) is 15.5. The number of amides is 1. The van der Waals surface area contributed by atoms with Gasteiger partial charge in [-0.15, -0.1) is 0 Å². The third-order valence-corrected chi connectivity index (χ3v) is 4.26. The molecule has 0 aliphatic heterocycles. The molecule has 27 heavy (non-hydrogen) atoms. The summed E-state index contributed by atoms with van der Waals surface area (Å²) < 4.78 is 13.3. The number of aromatic nitrogens is 2. The highest BCUT2D eigenvalue weighted by Gasteiger charge is 2.17. The molecule has 3 rings (SSSR count). The summed E-state index contributed by atoms with van der Waals surface area (Å²) in [6.45, 7) is 6.43. The lowest BCUT2D eigenvalue weighted by molar-refractivity contribution is -0.117. The van der Waals surface area contributed by atoms with Crippen molar-refractivity contribution in [1.29, 1.82) is 0 Å². The maximum absolute atomic E-state index is 11.7. The quantitative estimate of drug-likeness (QED) is 0.621. The van der Waals surface area contributed by atoms with Crippen LogP contribution in [0.3, 0.4) is 0 Å². The van der Waals surface area contributed by atoms with Gasteiger partial charge >= 0.3 is 0 Å². The van der Waals surface area contributed by atoms with E-state index in [1.807, 2.05) is 55.5 Å². The first-order valence-electron chi connectivity index (χ1n) is 8.78. The van der Waals surface area contributed by atoms with Gasteiger partial charge in [0.25, 0.3) is 0 Å². The van der Waals surface area contributed by atoms with Crippen molar-refractivity contribution in [2.24, 2.45) is 0 Å². The van der Waals surface area contributed by atoms with E-state index >= 15 is 0 Å². The summed E-state index contributed by atoms with van der Waals surface area (Å²) in [5, 5.41) is 2.87. The summed E-state index contributed by atoms with van der Waals surface area (Å²) in [5.74, 6) is 1.93. The molecule has 0 aliphatic carbocycles. The number of rotatable bonds is 8. The van der Waals surface area contributed by atoms with Gasteiger partial charge in [0.2, 0.25) is 5.91 Å². The normalized spacial score (nSPS) is 11.8. The Labute approximate surface area is 158 Å². The Morgan fingerprint density at radius 2 is 1.93 bits per heavy atom. The number of nitrogens with zero attached hydrogens (tertiary/aromatic N) is 2. The number of benzene rings is 2. The Morgan fingerprint density at radius 1 is 1.22 bits per heavy atom. The van der Waals surface area contributed by atoms with Crippen LogP contribution in [0.15, 0.2) is 61.2 Å². The Balaban J connectivity index is 1.82. The number of nitrogens with one attached hydrogen (secondary N) is 1. The van der Waals surface area contributed by atoms with Crippen molar-refractivity contribution in [2.45, 2.75) is 19.5 Å². The largest absolute Gasteiger partial charge is 0.493 e. The van der Waals surface area contributed by atoms with Gasteiger partial charge in [0, 0.05) is 0 Å². The van der Waals surface area contributed by atoms with E-state index in [1.54, 1.807) is 7.11 Å². The molecule has 6 nitrogen and oxygen atoms in total. The fourth-order valence-electron chi connectivity index (χ4n) is 2.98. The van der Waals surface area contributed by atoms with Crippen LogP contribution in [0.5, 0.6) is 11.5 Å². The minimum Gasteiger partial charge on any atom is -0.493 e. The molecule has 1 heterocycles. The van der Waals surface area contributed by atoms with E-state index < -0.39 is 0 Å². The summed E-state index contributed by atoms with van der Waals surface area (Å²) in [7, 11) is 1.62. The summed E-state index contributed by atoms with van der Waals surface area (Å²) in [6.07, 6.45) is 1.26. The van der Waals surface area contributed by atoms with Gasteiger partial charge in [-0.05, 0) is 37.3 Å². The van der Waals surface area contributed by atoms with Crippen molar-refractivity contribution in [3.63, 3.8) is 0 Å². The van der Waals surface area contributed by atoms with Crippen LogP contribution in [0, 0.1) is 0 Å². The van der Waals surface area contributed by atoms with Crippen LogP contribution in [-0.4, -0.2) is 29.2 Å². The molecule has 1 N–H and O–H groups in total. The molecule has 3 aromatic rings. The predicted octanol–water partition coefficient (Wildman–Crippen LogP) is 3.49. The van der Waals surface area contributed by atoms with Crippen molar-refractivity contribution < 1.29 is 14.3 Å². The van der Waals surface area contributed by atoms with Crippen molar-refractivity contribution in [3.05, 3.63) is 67.0 Å². The number of fused-ring (bicyclic) bond motifs is 1. The summed E-state index contributed by atoms with van der Waals surface area (Å²) >= 11 is 0. The molecule has 1 unspecified atom stereocenters. The Kier molecular flexibility index (Phi) is 5.76. The van der Waals surface area contributed by atoms with Crippen LogP contribution >= 0.6 is 0 Å². The minimum absolute atomic E-state index is 0.230. The van der Waals surface area contributed by atoms with Crippen molar-refractivity contribution in [1.82, 2.24) is 14.9 Å². The molecule has 0 bridgehead atoms. The van der Waals surface area contributed by atoms with E-state index in [1.165, 1.54) is 6.08 Å². The number of carbonyl (C=O) groups excluding carboxylic acids is 1. The maximum Gasteiger partial charge on any atom is 0.243 e. The molecule has 6 heteroatoms. The molecule has 140 valence electrons. The Hall–Kier alpha value is -3.28. The van der Waals surface area contributed by atoms with Crippen molar-refractivity contribution >= 4 is 16.9 Å². The molecule has 0 radical (unpaired) electrons. The highest BCUT2D eigenvalue weighted by Crippen LogP contribution is 2.26. The lowest BCUT2D eigenvalue weighted by Crippen LogP contribution is -2.27. The number of carbonyl (C=O) groups is 1. The number of para-hydroxylation sites is 4. The molecule has 1 aromatic heterocycles. The van der Waals surface area contributed by atoms with E-state index in [4.69, 9.17) is 14.5 Å². The van der Waals surface area contributed by atoms with E-state index in [2.05, 4.69) is 16.5 Å². The average molecular weight is 365 g/mol. The van der Waals surface area contributed by atoms with Gasteiger partial charge < -0.3 is 19.4 Å². The molecule has 1 atom stereocenters. The van der Waals surface area contributed by atoms with Crippen molar-refractivity contribution in [2.75, 3.05) is 13.7 Å². The summed E-state index contributed by atoms with van der Waals surface area (Å²) in [5.41, 5.74) is 1.88. The second-order valence-corrected chi connectivity index (χ2v) is 6.04. The van der Waals surface area contributed by atoms with Gasteiger partial charge in [0.05, 0.1) is 30.7 Å². The molecule has 2 aromatic carbocycles. The predicted molar refractivity (Wildman–Crippen MR) is 105 cm³/mol. The van der Waals surface area contributed by atoms with Gasteiger partial charge in [-0.3, -0.25) is 4.79 Å². The Bertz CT molecular complexity index is 949. The van der Waals surface area contributed by atoms with Gasteiger partial charge in [-0.25, -0.2) is 4.98 Å². The molecule has 0 saturated heterocycles. The number of hydrogen-bond acceptors (Lipinski definition) is 4. The van der Waals surface area contributed by atoms with E-state index in [0.717, 1.165) is 16.9 Å². The number of ether oxygens (including phenoxy) is 2. The second-order valence-electron chi connectivity index (χ2n) is 6.04. The first-order valence-corrected chi connectivity index (χ1v) is 8.78. The number of imidazole rings is 1. The molecule has 0 saturated carbocycles. The van der Waals surface area contributed by atoms with Crippen LogP contribution in [0.4, 0.5) is 0 Å². The van der Waals surface area contributed by atoms with E-state index in [9.17, 15) is 4.79 Å². The van der Waals surface area contributed by atoms with Gasteiger partial charge in [0.15, 0.2) is 11.5 Å². The van der Waals surface area contributed by atoms with Gasteiger partial charge in [0.1, 0.15) is 12.4 Å². The summed E-state index contributed by atoms with van der Waals surface area (Å²) in [6, 6.07) is 15.2. The molecular weight excluding hydrogens is 342 g/mol. The topological polar surface area (TPSA) is 65.4 Å². The lowest BCUT2D eigenvalue weighted by atomic mass is 10.3. The van der Waals surface area contributed by atoms with Gasteiger partial charge in [-0.2, -0.15) is 0 Å². The fourth-order valence-corrected chi connectivity index (χ4v) is 2.98. The smallest absolute Gasteiger partial charge is 0.243 e. The molecule has 1 amide bonds. The van der Waals surface area contributed by atoms with Crippen LogP contribution in [0.25, 0.3) is 11.0 Å². The maximum atomic E-state index is 11.7. The SMILES string of the molecule is C=CC(=O)NC(C)c1nc2ccccc2n1CCOc1ccccc1OC. The first-order chi connectivity index (χ1) is 13.1. The highest BCUT2D eigenvalue weighted by molar-refractivity contribution is 5.87. The molecule has 0 fully saturated rings. The minimum atomic E-state index is -0.255. The van der Waals surface area contributed by atoms with E-state index in [0.29, 0.717) is 24.7 Å². The van der Waals surface area contributed by atoms with Crippen LogP contribution < -0.4 is 14.8 Å². The van der Waals surface area contributed by atoms with Crippen LogP contribution in [-0.2, 0) is 11.3 Å². The summed E-state index contributed by atoms with van der Waals surface area (Å²) in [4.78, 5) is 16.4. The molecular formula is C21H23N3O3. The van der Waals surface area contributed by atoms with Crippen LogP contribution in [0.1, 0.15) is 18.8 Å². The van der Waals surface area contributed by atoms with Gasteiger partial charge in [-0.1, -0.05) is 30.8 Å². The zero-order chi connectivity index (χ0) is 19.2. The zero-order valence-corrected chi connectivity index (χ0v) is 15.5. The number of methoxy groups -OCH3 is 1. The highest BCUT2D eigenvalue weighted by atomic mass is 16.5. The third kappa shape index (κ3) is 4.11. The third-order valence-electron chi connectivity index (χ3n) is 4.26. The first kappa shape index (κ1) is 18.5. The lowest BCUT2D eigenvalue weighted by Gasteiger charge is -2.16. The van der Waals surface area contributed by atoms with Crippen molar-refractivity contribution in [3.8, 4) is 11.5 Å².